The van der Waals surface area contributed by atoms with Gasteiger partial charge in [-0.05, 0) is 18.4 Å². The third-order valence-corrected chi connectivity index (χ3v) is 4.68. The Kier molecular flexibility index (Phi) is 4.19. The van der Waals surface area contributed by atoms with Gasteiger partial charge in [-0.3, -0.25) is 14.9 Å². The molecule has 0 aliphatic carbocycles. The molecule has 0 N–H and O–H groups in total. The van der Waals surface area contributed by atoms with Crippen LogP contribution in [0.4, 0.5) is 5.69 Å². The smallest absolute Gasteiger partial charge is 0.282 e. The summed E-state index contributed by atoms with van der Waals surface area (Å²) in [5, 5.41) is 11.0. The van der Waals surface area contributed by atoms with Crippen LogP contribution < -0.4 is 0 Å². The minimum atomic E-state index is -0.509. The van der Waals surface area contributed by atoms with Crippen molar-refractivity contribution in [1.82, 2.24) is 4.90 Å². The molecule has 1 saturated heterocycles. The van der Waals surface area contributed by atoms with E-state index in [0.717, 1.165) is 6.42 Å². The average Bonchev–Trinajstić information content (AvgIpc) is 2.41. The number of likely N-dealkylation sites (tertiary alicyclic amines) is 1. The molecular formula is C13H15BrN2O3. The number of benzene rings is 1. The van der Waals surface area contributed by atoms with Crippen molar-refractivity contribution in [2.45, 2.75) is 18.2 Å². The predicted molar refractivity (Wildman–Crippen MR) is 75.5 cm³/mol. The van der Waals surface area contributed by atoms with Crippen molar-refractivity contribution < 1.29 is 9.72 Å². The molecule has 1 fully saturated rings. The SMILES string of the molecule is CC1CCN(C(=O)c2ccccc2[N+](=O)[O-])CC1Br. The van der Waals surface area contributed by atoms with E-state index in [4.69, 9.17) is 0 Å². The summed E-state index contributed by atoms with van der Waals surface area (Å²) >= 11 is 3.55. The second kappa shape index (κ2) is 5.69. The highest BCUT2D eigenvalue weighted by molar-refractivity contribution is 9.09. The summed E-state index contributed by atoms with van der Waals surface area (Å²) in [6.07, 6.45) is 0.905. The van der Waals surface area contributed by atoms with Crippen LogP contribution in [0, 0.1) is 16.0 Å². The van der Waals surface area contributed by atoms with Crippen molar-refractivity contribution in [1.29, 1.82) is 0 Å². The summed E-state index contributed by atoms with van der Waals surface area (Å²) in [6, 6.07) is 6.10. The number of rotatable bonds is 2. The number of piperidine rings is 1. The molecule has 0 spiro atoms. The fraction of sp³-hybridized carbons (Fsp3) is 0.462. The number of carbonyl (C=O) groups is 1. The summed E-state index contributed by atoms with van der Waals surface area (Å²) < 4.78 is 0. The van der Waals surface area contributed by atoms with E-state index in [0.29, 0.717) is 19.0 Å². The van der Waals surface area contributed by atoms with Crippen LogP contribution in [0.3, 0.4) is 0 Å². The van der Waals surface area contributed by atoms with Crippen LogP contribution >= 0.6 is 15.9 Å². The molecule has 0 bridgehead atoms. The number of hydrogen-bond acceptors (Lipinski definition) is 3. The van der Waals surface area contributed by atoms with Crippen molar-refractivity contribution in [3.8, 4) is 0 Å². The average molecular weight is 327 g/mol. The highest BCUT2D eigenvalue weighted by Gasteiger charge is 2.30. The molecule has 6 heteroatoms. The highest BCUT2D eigenvalue weighted by Crippen LogP contribution is 2.26. The summed E-state index contributed by atoms with van der Waals surface area (Å²) in [5.74, 6) is 0.249. The van der Waals surface area contributed by atoms with Gasteiger partial charge in [0.2, 0.25) is 0 Å². The third kappa shape index (κ3) is 2.94. The van der Waals surface area contributed by atoms with Crippen molar-refractivity contribution in [3.63, 3.8) is 0 Å². The van der Waals surface area contributed by atoms with Crippen LogP contribution in [-0.4, -0.2) is 33.6 Å². The Bertz CT molecular complexity index is 506. The maximum absolute atomic E-state index is 12.4. The normalized spacial score (nSPS) is 23.2. The molecule has 1 aromatic carbocycles. The second-order valence-electron chi connectivity index (χ2n) is 4.81. The van der Waals surface area contributed by atoms with E-state index in [9.17, 15) is 14.9 Å². The number of para-hydroxylation sites is 1. The molecule has 5 nitrogen and oxygen atoms in total. The van der Waals surface area contributed by atoms with Crippen LogP contribution in [0.2, 0.25) is 0 Å². The zero-order valence-electron chi connectivity index (χ0n) is 10.6. The zero-order chi connectivity index (χ0) is 14.0. The van der Waals surface area contributed by atoms with Gasteiger partial charge in [0.05, 0.1) is 4.92 Å². The topological polar surface area (TPSA) is 63.5 Å². The fourth-order valence-electron chi connectivity index (χ4n) is 2.19. The number of hydrogen-bond donors (Lipinski definition) is 0. The Hall–Kier alpha value is -1.43. The van der Waals surface area contributed by atoms with Crippen molar-refractivity contribution in [2.24, 2.45) is 5.92 Å². The van der Waals surface area contributed by atoms with Gasteiger partial charge in [-0.2, -0.15) is 0 Å². The van der Waals surface area contributed by atoms with Gasteiger partial charge in [-0.1, -0.05) is 35.0 Å². The van der Waals surface area contributed by atoms with E-state index in [1.807, 2.05) is 0 Å². The molecule has 1 aromatic rings. The minimum absolute atomic E-state index is 0.128. The van der Waals surface area contributed by atoms with Crippen LogP contribution in [0.25, 0.3) is 0 Å². The van der Waals surface area contributed by atoms with Crippen molar-refractivity contribution >= 4 is 27.5 Å². The molecule has 2 rings (SSSR count). The summed E-state index contributed by atoms with van der Waals surface area (Å²) in [6.45, 7) is 3.37. The van der Waals surface area contributed by atoms with E-state index in [1.165, 1.54) is 12.1 Å². The lowest BCUT2D eigenvalue weighted by molar-refractivity contribution is -0.385. The number of halogens is 1. The van der Waals surface area contributed by atoms with Gasteiger partial charge < -0.3 is 4.90 Å². The minimum Gasteiger partial charge on any atom is -0.337 e. The molecular weight excluding hydrogens is 312 g/mol. The maximum atomic E-state index is 12.4. The summed E-state index contributed by atoms with van der Waals surface area (Å²) in [4.78, 5) is 24.7. The van der Waals surface area contributed by atoms with E-state index in [-0.39, 0.29) is 22.0 Å². The molecule has 19 heavy (non-hydrogen) atoms. The number of nitrogens with zero attached hydrogens (tertiary/aromatic N) is 2. The summed E-state index contributed by atoms with van der Waals surface area (Å²) in [5.41, 5.74) is 0.0407. The highest BCUT2D eigenvalue weighted by atomic mass is 79.9. The third-order valence-electron chi connectivity index (χ3n) is 3.48. The van der Waals surface area contributed by atoms with Gasteiger partial charge in [0.15, 0.2) is 0 Å². The number of alkyl halides is 1. The first-order valence-corrected chi connectivity index (χ1v) is 7.09. The fourth-order valence-corrected chi connectivity index (χ4v) is 2.80. The van der Waals surface area contributed by atoms with E-state index < -0.39 is 4.92 Å². The Morgan fingerprint density at radius 2 is 2.16 bits per heavy atom. The molecule has 1 amide bonds. The van der Waals surface area contributed by atoms with Crippen LogP contribution in [-0.2, 0) is 0 Å². The van der Waals surface area contributed by atoms with Gasteiger partial charge >= 0.3 is 0 Å². The molecule has 1 aliphatic heterocycles. The number of nitro groups is 1. The maximum Gasteiger partial charge on any atom is 0.282 e. The van der Waals surface area contributed by atoms with Crippen LogP contribution in [0.15, 0.2) is 24.3 Å². The first kappa shape index (κ1) is 14.0. The monoisotopic (exact) mass is 326 g/mol. The lowest BCUT2D eigenvalue weighted by Gasteiger charge is -2.34. The molecule has 102 valence electrons. The first-order chi connectivity index (χ1) is 9.00. The Balaban J connectivity index is 2.23. The van der Waals surface area contributed by atoms with Gasteiger partial charge in [0.1, 0.15) is 5.56 Å². The van der Waals surface area contributed by atoms with E-state index in [2.05, 4.69) is 22.9 Å². The summed E-state index contributed by atoms with van der Waals surface area (Å²) in [7, 11) is 0. The molecule has 0 aromatic heterocycles. The lowest BCUT2D eigenvalue weighted by Crippen LogP contribution is -2.43. The van der Waals surface area contributed by atoms with E-state index in [1.54, 1.807) is 17.0 Å². The van der Waals surface area contributed by atoms with Crippen LogP contribution in [0.5, 0.6) is 0 Å². The predicted octanol–water partition coefficient (Wildman–Crippen LogP) is 2.84. The Morgan fingerprint density at radius 3 is 2.79 bits per heavy atom. The number of nitro benzene ring substituents is 1. The van der Waals surface area contributed by atoms with Crippen molar-refractivity contribution in [3.05, 3.63) is 39.9 Å². The van der Waals surface area contributed by atoms with Gasteiger partial charge in [-0.15, -0.1) is 0 Å². The largest absolute Gasteiger partial charge is 0.337 e. The Labute approximate surface area is 119 Å². The molecule has 1 heterocycles. The first-order valence-electron chi connectivity index (χ1n) is 6.17. The Morgan fingerprint density at radius 1 is 1.47 bits per heavy atom. The van der Waals surface area contributed by atoms with E-state index >= 15 is 0 Å². The molecule has 1 aliphatic rings. The van der Waals surface area contributed by atoms with Gasteiger partial charge in [0, 0.05) is 24.0 Å². The zero-order valence-corrected chi connectivity index (χ0v) is 12.2. The molecule has 2 unspecified atom stereocenters. The number of carbonyl (C=O) groups excluding carboxylic acids is 1. The van der Waals surface area contributed by atoms with Crippen LogP contribution in [0.1, 0.15) is 23.7 Å². The van der Waals surface area contributed by atoms with Gasteiger partial charge in [0.25, 0.3) is 11.6 Å². The second-order valence-corrected chi connectivity index (χ2v) is 5.98. The molecule has 0 radical (unpaired) electrons. The number of amides is 1. The quantitative estimate of drug-likeness (QED) is 0.477. The molecule has 0 saturated carbocycles. The lowest BCUT2D eigenvalue weighted by atomic mass is 9.98. The van der Waals surface area contributed by atoms with Crippen molar-refractivity contribution in [2.75, 3.05) is 13.1 Å². The van der Waals surface area contributed by atoms with Gasteiger partial charge in [-0.25, -0.2) is 0 Å². The molecule has 2 atom stereocenters. The standard InChI is InChI=1S/C13H15BrN2O3/c1-9-6-7-15(8-11(9)14)13(17)10-4-2-3-5-12(10)16(18)19/h2-5,9,11H,6-8H2,1H3.